The Balaban J connectivity index is 3.27. The second kappa shape index (κ2) is 7.55. The van der Waals surface area contributed by atoms with E-state index in [1.165, 1.54) is 38.3 Å². The van der Waals surface area contributed by atoms with Crippen LogP contribution in [0.5, 0.6) is 5.75 Å². The van der Waals surface area contributed by atoms with E-state index >= 15 is 0 Å². The van der Waals surface area contributed by atoms with Crippen LogP contribution in [0.25, 0.3) is 0 Å². The van der Waals surface area contributed by atoms with Crippen molar-refractivity contribution in [2.45, 2.75) is 33.0 Å². The normalized spacial score (nSPS) is 15.1. The third-order valence-electron chi connectivity index (χ3n) is 3.74. The van der Waals surface area contributed by atoms with Crippen LogP contribution in [0.15, 0.2) is 24.3 Å². The van der Waals surface area contributed by atoms with Gasteiger partial charge in [-0.2, -0.15) is 13.2 Å². The summed E-state index contributed by atoms with van der Waals surface area (Å²) < 4.78 is 50.3. The summed E-state index contributed by atoms with van der Waals surface area (Å²) >= 11 is 0. The van der Waals surface area contributed by atoms with Crippen LogP contribution in [-0.2, 0) is 14.3 Å². The maximum Gasteiger partial charge on any atom is 0.410 e. The minimum atomic E-state index is -4.85. The number of methoxy groups -OCH3 is 1. The molecule has 2 unspecified atom stereocenters. The molecule has 0 aliphatic heterocycles. The van der Waals surface area contributed by atoms with Gasteiger partial charge in [0.2, 0.25) is 0 Å². The fraction of sp³-hybridized carbons (Fsp3) is 0.500. The molecule has 0 saturated heterocycles. The van der Waals surface area contributed by atoms with Crippen molar-refractivity contribution in [1.82, 2.24) is 0 Å². The average molecular weight is 347 g/mol. The summed E-state index contributed by atoms with van der Waals surface area (Å²) in [4.78, 5) is 24.0. The number of benzene rings is 1. The Morgan fingerprint density at radius 2 is 1.75 bits per heavy atom. The zero-order valence-electron chi connectivity index (χ0n) is 13.9. The van der Waals surface area contributed by atoms with Crippen LogP contribution < -0.4 is 10.1 Å². The van der Waals surface area contributed by atoms with Gasteiger partial charge in [0.15, 0.2) is 5.41 Å². The van der Waals surface area contributed by atoms with Gasteiger partial charge < -0.3 is 14.8 Å². The number of Topliss-reactive ketones (excluding diaryl/α,β-unsaturated/α-hetero) is 1. The van der Waals surface area contributed by atoms with Crippen molar-refractivity contribution in [3.63, 3.8) is 0 Å². The lowest BCUT2D eigenvalue weighted by atomic mass is 9.78. The Hall–Kier alpha value is -2.25. The molecule has 0 saturated carbocycles. The number of carbonyl (C=O) groups excluding carboxylic acids is 2. The lowest BCUT2D eigenvalue weighted by Crippen LogP contribution is -2.57. The van der Waals surface area contributed by atoms with Crippen molar-refractivity contribution in [1.29, 1.82) is 0 Å². The second-order valence-corrected chi connectivity index (χ2v) is 5.33. The summed E-state index contributed by atoms with van der Waals surface area (Å²) in [7, 11) is 1.43. The zero-order chi connectivity index (χ0) is 18.5. The number of ether oxygens (including phenoxy) is 2. The molecular formula is C16H20F3NO4. The number of nitrogens with one attached hydrogen (secondary N) is 1. The van der Waals surface area contributed by atoms with Crippen molar-refractivity contribution in [2.75, 3.05) is 19.0 Å². The van der Waals surface area contributed by atoms with Crippen LogP contribution in [0, 0.1) is 5.41 Å². The summed E-state index contributed by atoms with van der Waals surface area (Å²) in [5.74, 6) is -1.70. The van der Waals surface area contributed by atoms with Gasteiger partial charge in [-0.15, -0.1) is 0 Å². The molecule has 0 aliphatic rings. The molecule has 0 aromatic heterocycles. The number of esters is 1. The number of halogens is 3. The molecule has 24 heavy (non-hydrogen) atoms. The molecule has 1 rings (SSSR count). The molecule has 1 aromatic rings. The Labute approximate surface area is 138 Å². The molecule has 1 aromatic carbocycles. The Morgan fingerprint density at radius 3 is 2.12 bits per heavy atom. The molecule has 0 bridgehead atoms. The number of hydrogen-bond acceptors (Lipinski definition) is 5. The van der Waals surface area contributed by atoms with Gasteiger partial charge in [-0.05, 0) is 45.0 Å². The number of hydrogen-bond donors (Lipinski definition) is 1. The summed E-state index contributed by atoms with van der Waals surface area (Å²) in [6.07, 6.45) is -4.85. The number of alkyl halides is 3. The lowest BCUT2D eigenvalue weighted by Gasteiger charge is -2.35. The number of ketones is 1. The molecule has 0 radical (unpaired) electrons. The van der Waals surface area contributed by atoms with E-state index < -0.39 is 29.4 Å². The van der Waals surface area contributed by atoms with E-state index in [9.17, 15) is 22.8 Å². The topological polar surface area (TPSA) is 64.6 Å². The summed E-state index contributed by atoms with van der Waals surface area (Å²) in [6, 6.07) is 3.22. The summed E-state index contributed by atoms with van der Waals surface area (Å²) in [5.41, 5.74) is -2.32. The van der Waals surface area contributed by atoms with Gasteiger partial charge in [-0.3, -0.25) is 9.59 Å². The minimum Gasteiger partial charge on any atom is -0.497 e. The first kappa shape index (κ1) is 19.8. The van der Waals surface area contributed by atoms with Gasteiger partial charge in [0.05, 0.1) is 13.7 Å². The molecule has 134 valence electrons. The van der Waals surface area contributed by atoms with Gasteiger partial charge >= 0.3 is 12.1 Å². The summed E-state index contributed by atoms with van der Waals surface area (Å²) in [5, 5.41) is 2.23. The van der Waals surface area contributed by atoms with Gasteiger partial charge in [-0.25, -0.2) is 0 Å². The lowest BCUT2D eigenvalue weighted by molar-refractivity contribution is -0.188. The van der Waals surface area contributed by atoms with Crippen molar-refractivity contribution in [3.8, 4) is 5.75 Å². The molecule has 0 spiro atoms. The van der Waals surface area contributed by atoms with E-state index in [1.54, 1.807) is 0 Å². The monoisotopic (exact) mass is 347 g/mol. The van der Waals surface area contributed by atoms with Crippen LogP contribution in [0.1, 0.15) is 20.8 Å². The Kier molecular flexibility index (Phi) is 6.22. The van der Waals surface area contributed by atoms with Gasteiger partial charge in [0.1, 0.15) is 17.6 Å². The molecule has 2 atom stereocenters. The molecular weight excluding hydrogens is 327 g/mol. The molecule has 0 fully saturated rings. The number of rotatable bonds is 7. The fourth-order valence-corrected chi connectivity index (χ4v) is 2.15. The van der Waals surface area contributed by atoms with Crippen LogP contribution in [0.4, 0.5) is 18.9 Å². The standard InChI is InChI=1S/C16H20F3NO4/c1-5-24-14(22)15(3,10(2)21)13(16(17,18)19)20-11-6-8-12(23-4)9-7-11/h6-9,13,20H,5H2,1-4H3. The molecule has 0 heterocycles. The average Bonchev–Trinajstić information content (AvgIpc) is 2.51. The first-order valence-corrected chi connectivity index (χ1v) is 7.22. The Bertz CT molecular complexity index is 586. The third-order valence-corrected chi connectivity index (χ3v) is 3.74. The summed E-state index contributed by atoms with van der Waals surface area (Å²) in [6.45, 7) is 3.19. The van der Waals surface area contributed by atoms with Crippen molar-refractivity contribution in [3.05, 3.63) is 24.3 Å². The number of anilines is 1. The molecule has 8 heteroatoms. The highest BCUT2D eigenvalue weighted by Gasteiger charge is 2.59. The van der Waals surface area contributed by atoms with Crippen LogP contribution >= 0.6 is 0 Å². The minimum absolute atomic E-state index is 0.0925. The predicted molar refractivity (Wildman–Crippen MR) is 81.9 cm³/mol. The highest BCUT2D eigenvalue weighted by atomic mass is 19.4. The first-order chi connectivity index (χ1) is 11.1. The van der Waals surface area contributed by atoms with Crippen LogP contribution in [0.3, 0.4) is 0 Å². The van der Waals surface area contributed by atoms with E-state index in [0.29, 0.717) is 5.75 Å². The number of carbonyl (C=O) groups is 2. The van der Waals surface area contributed by atoms with E-state index in [1.807, 2.05) is 0 Å². The van der Waals surface area contributed by atoms with E-state index in [-0.39, 0.29) is 12.3 Å². The van der Waals surface area contributed by atoms with E-state index in [4.69, 9.17) is 9.47 Å². The molecule has 0 aliphatic carbocycles. The van der Waals surface area contributed by atoms with Gasteiger partial charge in [-0.1, -0.05) is 0 Å². The fourth-order valence-electron chi connectivity index (χ4n) is 2.15. The molecule has 5 nitrogen and oxygen atoms in total. The van der Waals surface area contributed by atoms with Crippen molar-refractivity contribution >= 4 is 17.4 Å². The van der Waals surface area contributed by atoms with Gasteiger partial charge in [0, 0.05) is 5.69 Å². The molecule has 1 N–H and O–H groups in total. The molecule has 0 amide bonds. The van der Waals surface area contributed by atoms with Crippen molar-refractivity contribution in [2.24, 2.45) is 5.41 Å². The second-order valence-electron chi connectivity index (χ2n) is 5.33. The van der Waals surface area contributed by atoms with E-state index in [0.717, 1.165) is 13.8 Å². The largest absolute Gasteiger partial charge is 0.497 e. The quantitative estimate of drug-likeness (QED) is 0.606. The van der Waals surface area contributed by atoms with Crippen LogP contribution in [-0.4, -0.2) is 37.7 Å². The maximum absolute atomic E-state index is 13.6. The zero-order valence-corrected chi connectivity index (χ0v) is 13.9. The van der Waals surface area contributed by atoms with Crippen molar-refractivity contribution < 1.29 is 32.2 Å². The Morgan fingerprint density at radius 1 is 1.21 bits per heavy atom. The SMILES string of the molecule is CCOC(=O)C(C)(C(C)=O)C(Nc1ccc(OC)cc1)C(F)(F)F. The first-order valence-electron chi connectivity index (χ1n) is 7.22. The van der Waals surface area contributed by atoms with Gasteiger partial charge in [0.25, 0.3) is 0 Å². The predicted octanol–water partition coefficient (Wildman–Crippen LogP) is 3.20. The van der Waals surface area contributed by atoms with Crippen LogP contribution in [0.2, 0.25) is 0 Å². The highest BCUT2D eigenvalue weighted by Crippen LogP contribution is 2.38. The maximum atomic E-state index is 13.6. The smallest absolute Gasteiger partial charge is 0.410 e. The third kappa shape index (κ3) is 4.18. The van der Waals surface area contributed by atoms with E-state index in [2.05, 4.69) is 5.32 Å². The highest BCUT2D eigenvalue weighted by molar-refractivity contribution is 6.03.